The van der Waals surface area contributed by atoms with E-state index >= 15 is 0 Å². The quantitative estimate of drug-likeness (QED) is 0.653. The van der Waals surface area contributed by atoms with Crippen molar-refractivity contribution in [2.75, 3.05) is 0 Å². The third kappa shape index (κ3) is 2.79. The average Bonchev–Trinajstić information content (AvgIpc) is 2.46. The zero-order valence-electron chi connectivity index (χ0n) is 12.7. The third-order valence-corrected chi connectivity index (χ3v) is 6.74. The number of aliphatic hydroxyl groups is 1. The van der Waals surface area contributed by atoms with Crippen LogP contribution >= 0.6 is 11.6 Å². The number of allylic oxidation sites excluding steroid dienone is 1. The van der Waals surface area contributed by atoms with Crippen LogP contribution in [0.1, 0.15) is 32.6 Å². The summed E-state index contributed by atoms with van der Waals surface area (Å²) < 4.78 is 27.5. The van der Waals surface area contributed by atoms with E-state index in [1.807, 2.05) is 0 Å². The number of ketones is 1. The summed E-state index contributed by atoms with van der Waals surface area (Å²) in [5, 5.41) is 10.3. The van der Waals surface area contributed by atoms with E-state index in [0.717, 1.165) is 6.42 Å². The molecule has 7 heteroatoms. The van der Waals surface area contributed by atoms with E-state index in [0.29, 0.717) is 17.9 Å². The Bertz CT molecular complexity index is 766. The standard InChI is InChI=1S/C16H18ClNO4S/c1-10(19)16-14-4-2-3-12(9-15(16)20)18(14)23(21,22)13-7-5-11(17)6-8-13/h5-8,12,14,19H,2-4,9H2,1H3/b16-10-. The molecule has 124 valence electrons. The molecule has 0 radical (unpaired) electrons. The molecule has 0 amide bonds. The molecule has 23 heavy (non-hydrogen) atoms. The highest BCUT2D eigenvalue weighted by molar-refractivity contribution is 7.89. The van der Waals surface area contributed by atoms with Gasteiger partial charge in [-0.3, -0.25) is 4.79 Å². The van der Waals surface area contributed by atoms with Gasteiger partial charge in [-0.15, -0.1) is 0 Å². The van der Waals surface area contributed by atoms with Gasteiger partial charge in [0.15, 0.2) is 5.78 Å². The van der Waals surface area contributed by atoms with Gasteiger partial charge in [-0.1, -0.05) is 11.6 Å². The Labute approximate surface area is 140 Å². The number of halogens is 1. The van der Waals surface area contributed by atoms with Crippen molar-refractivity contribution >= 4 is 27.4 Å². The van der Waals surface area contributed by atoms with Gasteiger partial charge in [0, 0.05) is 17.5 Å². The number of rotatable bonds is 2. The molecule has 0 aromatic heterocycles. The van der Waals surface area contributed by atoms with Gasteiger partial charge in [-0.25, -0.2) is 8.42 Å². The van der Waals surface area contributed by atoms with Crippen LogP contribution in [0.3, 0.4) is 0 Å². The summed E-state index contributed by atoms with van der Waals surface area (Å²) in [4.78, 5) is 12.4. The van der Waals surface area contributed by atoms with Crippen molar-refractivity contribution in [3.8, 4) is 0 Å². The van der Waals surface area contributed by atoms with Gasteiger partial charge in [0.1, 0.15) is 0 Å². The van der Waals surface area contributed by atoms with Gasteiger partial charge in [-0.2, -0.15) is 4.31 Å². The fraction of sp³-hybridized carbons (Fsp3) is 0.438. The molecule has 0 spiro atoms. The highest BCUT2D eigenvalue weighted by Gasteiger charge is 2.48. The molecule has 0 aliphatic carbocycles. The molecule has 1 aromatic rings. The molecule has 2 heterocycles. The molecule has 1 aromatic carbocycles. The van der Waals surface area contributed by atoms with Crippen LogP contribution in [-0.4, -0.2) is 35.7 Å². The molecule has 2 fully saturated rings. The first-order valence-electron chi connectivity index (χ1n) is 7.54. The number of carbonyl (C=O) groups excluding carboxylic acids is 1. The number of fused-ring (bicyclic) bond motifs is 2. The van der Waals surface area contributed by atoms with Gasteiger partial charge in [0.05, 0.1) is 22.3 Å². The Morgan fingerprint density at radius 3 is 2.52 bits per heavy atom. The number of Topliss-reactive ketones (excluding diaryl/α,β-unsaturated/α-hetero) is 1. The lowest BCUT2D eigenvalue weighted by atomic mass is 9.82. The van der Waals surface area contributed by atoms with Crippen molar-refractivity contribution in [3.63, 3.8) is 0 Å². The van der Waals surface area contributed by atoms with Crippen LogP contribution in [0.15, 0.2) is 40.5 Å². The van der Waals surface area contributed by atoms with Gasteiger partial charge in [-0.05, 0) is 50.5 Å². The van der Waals surface area contributed by atoms with Crippen LogP contribution < -0.4 is 0 Å². The van der Waals surface area contributed by atoms with Gasteiger partial charge < -0.3 is 5.11 Å². The number of benzene rings is 1. The summed E-state index contributed by atoms with van der Waals surface area (Å²) in [5.41, 5.74) is 0.235. The van der Waals surface area contributed by atoms with E-state index in [4.69, 9.17) is 11.6 Å². The third-order valence-electron chi connectivity index (χ3n) is 4.52. The average molecular weight is 356 g/mol. The monoisotopic (exact) mass is 355 g/mol. The largest absolute Gasteiger partial charge is 0.512 e. The van der Waals surface area contributed by atoms with Crippen molar-refractivity contribution < 1.29 is 18.3 Å². The first-order valence-corrected chi connectivity index (χ1v) is 9.36. The molecule has 2 saturated heterocycles. The van der Waals surface area contributed by atoms with Gasteiger partial charge >= 0.3 is 0 Å². The first-order chi connectivity index (χ1) is 10.8. The van der Waals surface area contributed by atoms with Crippen LogP contribution in [0.4, 0.5) is 0 Å². The van der Waals surface area contributed by atoms with E-state index in [1.54, 1.807) is 0 Å². The summed E-state index contributed by atoms with van der Waals surface area (Å²) >= 11 is 5.83. The Balaban J connectivity index is 2.09. The summed E-state index contributed by atoms with van der Waals surface area (Å²) in [6, 6.07) is 5.09. The molecule has 2 aliphatic heterocycles. The van der Waals surface area contributed by atoms with Gasteiger partial charge in [0.25, 0.3) is 0 Å². The minimum atomic E-state index is -3.75. The maximum Gasteiger partial charge on any atom is 0.243 e. The lowest BCUT2D eigenvalue weighted by Gasteiger charge is -2.45. The lowest BCUT2D eigenvalue weighted by Crippen LogP contribution is -2.56. The van der Waals surface area contributed by atoms with E-state index in [9.17, 15) is 18.3 Å². The summed E-state index contributed by atoms with van der Waals surface area (Å²) in [5.74, 6) is -0.237. The molecule has 1 N–H and O–H groups in total. The number of piperidine rings is 2. The summed E-state index contributed by atoms with van der Waals surface area (Å²) in [7, 11) is -3.75. The number of carbonyl (C=O) groups is 1. The van der Waals surface area contributed by atoms with E-state index in [-0.39, 0.29) is 34.5 Å². The number of hydrogen-bond donors (Lipinski definition) is 1. The SMILES string of the molecule is C/C(O)=C1/C(=O)CC2CCCC1N2S(=O)(=O)c1ccc(Cl)cc1. The van der Waals surface area contributed by atoms with Gasteiger partial charge in [0.2, 0.25) is 10.0 Å². The number of aliphatic hydroxyl groups excluding tert-OH is 1. The smallest absolute Gasteiger partial charge is 0.243 e. The van der Waals surface area contributed by atoms with Crippen LogP contribution in [0.2, 0.25) is 5.02 Å². The maximum atomic E-state index is 13.1. The van der Waals surface area contributed by atoms with Crippen LogP contribution in [0, 0.1) is 0 Å². The molecule has 5 nitrogen and oxygen atoms in total. The Morgan fingerprint density at radius 1 is 1.26 bits per heavy atom. The second-order valence-electron chi connectivity index (χ2n) is 6.02. The van der Waals surface area contributed by atoms with E-state index in [1.165, 1.54) is 35.5 Å². The molecule has 2 aliphatic rings. The van der Waals surface area contributed by atoms with Crippen molar-refractivity contribution in [3.05, 3.63) is 40.6 Å². The predicted octanol–water partition coefficient (Wildman–Crippen LogP) is 3.06. The molecular formula is C16H18ClNO4S. The minimum Gasteiger partial charge on any atom is -0.512 e. The second kappa shape index (κ2) is 5.92. The minimum absolute atomic E-state index is 0.0864. The van der Waals surface area contributed by atoms with Crippen molar-refractivity contribution in [2.24, 2.45) is 0 Å². The Morgan fingerprint density at radius 2 is 1.91 bits per heavy atom. The second-order valence-corrected chi connectivity index (χ2v) is 8.30. The number of nitrogens with zero attached hydrogens (tertiary/aromatic N) is 1. The fourth-order valence-corrected chi connectivity index (χ4v) is 5.53. The number of hydrogen-bond acceptors (Lipinski definition) is 4. The van der Waals surface area contributed by atoms with E-state index in [2.05, 4.69) is 0 Å². The van der Waals surface area contributed by atoms with Crippen molar-refractivity contribution in [1.82, 2.24) is 4.31 Å². The van der Waals surface area contributed by atoms with Crippen molar-refractivity contribution in [1.29, 1.82) is 0 Å². The summed E-state index contributed by atoms with van der Waals surface area (Å²) in [6.45, 7) is 1.44. The highest BCUT2D eigenvalue weighted by Crippen LogP contribution is 2.40. The Hall–Kier alpha value is -1.37. The number of sulfonamides is 1. The van der Waals surface area contributed by atoms with Crippen molar-refractivity contribution in [2.45, 2.75) is 49.6 Å². The topological polar surface area (TPSA) is 74.7 Å². The maximum absolute atomic E-state index is 13.1. The molecule has 2 bridgehead atoms. The molecule has 2 atom stereocenters. The van der Waals surface area contributed by atoms with Crippen LogP contribution in [-0.2, 0) is 14.8 Å². The Kier molecular flexibility index (Phi) is 4.25. The fourth-order valence-electron chi connectivity index (χ4n) is 3.56. The summed E-state index contributed by atoms with van der Waals surface area (Å²) in [6.07, 6.45) is 2.16. The zero-order chi connectivity index (χ0) is 16.8. The normalized spacial score (nSPS) is 27.8. The molecule has 3 rings (SSSR count). The van der Waals surface area contributed by atoms with Crippen LogP contribution in [0.5, 0.6) is 0 Å². The lowest BCUT2D eigenvalue weighted by molar-refractivity contribution is -0.119. The molecular weight excluding hydrogens is 338 g/mol. The van der Waals surface area contributed by atoms with E-state index < -0.39 is 16.1 Å². The first kappa shape index (κ1) is 16.5. The molecule has 2 unspecified atom stereocenters. The zero-order valence-corrected chi connectivity index (χ0v) is 14.3. The highest BCUT2D eigenvalue weighted by atomic mass is 35.5. The van der Waals surface area contributed by atoms with Crippen LogP contribution in [0.25, 0.3) is 0 Å². The predicted molar refractivity (Wildman–Crippen MR) is 86.9 cm³/mol. The molecule has 0 saturated carbocycles.